The van der Waals surface area contributed by atoms with Gasteiger partial charge in [0.25, 0.3) is 0 Å². The zero-order valence-corrected chi connectivity index (χ0v) is 14.1. The van der Waals surface area contributed by atoms with E-state index in [-0.39, 0.29) is 0 Å². The van der Waals surface area contributed by atoms with E-state index in [0.29, 0.717) is 31.9 Å². The van der Waals surface area contributed by atoms with Gasteiger partial charge in [0.2, 0.25) is 5.91 Å². The highest BCUT2D eigenvalue weighted by atomic mass is 79.9. The lowest BCUT2D eigenvalue weighted by Crippen LogP contribution is -2.11. The maximum absolute atomic E-state index is 11.2. The third-order valence-corrected chi connectivity index (χ3v) is 4.16. The summed E-state index contributed by atoms with van der Waals surface area (Å²) in [7, 11) is 0. The van der Waals surface area contributed by atoms with E-state index < -0.39 is 5.91 Å². The third-order valence-electron chi connectivity index (χ3n) is 2.61. The Morgan fingerprint density at radius 3 is 2.35 bits per heavy atom. The summed E-state index contributed by atoms with van der Waals surface area (Å²) in [5.74, 6) is 0.0963. The Labute approximate surface area is 138 Å². The van der Waals surface area contributed by atoms with Gasteiger partial charge in [0.05, 0.1) is 8.95 Å². The molecule has 3 nitrogen and oxygen atoms in total. The number of hydrogen-bond acceptors (Lipinski definition) is 2. The predicted octanol–water partition coefficient (Wildman–Crippen LogP) is 4.54. The molecular formula is C14H10Br2ClNO2. The summed E-state index contributed by atoms with van der Waals surface area (Å²) in [6.45, 7) is 0.326. The Morgan fingerprint density at radius 2 is 1.80 bits per heavy atom. The van der Waals surface area contributed by atoms with Crippen molar-refractivity contribution in [3.05, 3.63) is 61.5 Å². The van der Waals surface area contributed by atoms with Crippen molar-refractivity contribution in [2.45, 2.75) is 6.61 Å². The van der Waals surface area contributed by atoms with Gasteiger partial charge in [-0.1, -0.05) is 29.8 Å². The molecule has 0 aromatic heterocycles. The normalized spacial score (nSPS) is 10.3. The molecule has 2 rings (SSSR count). The Balaban J connectivity index is 2.22. The molecule has 20 heavy (non-hydrogen) atoms. The van der Waals surface area contributed by atoms with E-state index in [4.69, 9.17) is 22.1 Å². The summed E-state index contributed by atoms with van der Waals surface area (Å²) in [5.41, 5.74) is 6.53. The van der Waals surface area contributed by atoms with Crippen LogP contribution in [0.5, 0.6) is 5.75 Å². The molecule has 0 aliphatic carbocycles. The zero-order valence-electron chi connectivity index (χ0n) is 10.2. The Bertz CT molecular complexity index is 638. The third kappa shape index (κ3) is 3.53. The second kappa shape index (κ2) is 6.61. The molecule has 2 aromatic rings. The largest absolute Gasteiger partial charge is 0.486 e. The molecule has 1 amide bonds. The molecule has 0 radical (unpaired) electrons. The average molecular weight is 420 g/mol. The molecule has 0 aliphatic heterocycles. The SMILES string of the molecule is NC(=O)c1cc(Br)c(OCc2ccccc2Cl)c(Br)c1. The Hall–Kier alpha value is -1.04. The van der Waals surface area contributed by atoms with Crippen LogP contribution in [0.4, 0.5) is 0 Å². The number of carbonyl (C=O) groups is 1. The molecular weight excluding hydrogens is 409 g/mol. The van der Waals surface area contributed by atoms with Gasteiger partial charge >= 0.3 is 0 Å². The fourth-order valence-corrected chi connectivity index (χ4v) is 3.21. The van der Waals surface area contributed by atoms with E-state index >= 15 is 0 Å². The topological polar surface area (TPSA) is 52.3 Å². The van der Waals surface area contributed by atoms with Gasteiger partial charge in [0, 0.05) is 16.1 Å². The minimum absolute atomic E-state index is 0.326. The van der Waals surface area contributed by atoms with Crippen LogP contribution in [0.3, 0.4) is 0 Å². The van der Waals surface area contributed by atoms with Gasteiger partial charge < -0.3 is 10.5 Å². The monoisotopic (exact) mass is 417 g/mol. The van der Waals surface area contributed by atoms with Gasteiger partial charge in [-0.2, -0.15) is 0 Å². The van der Waals surface area contributed by atoms with Crippen LogP contribution in [0.1, 0.15) is 15.9 Å². The van der Waals surface area contributed by atoms with Gasteiger partial charge in [-0.05, 0) is 50.1 Å². The van der Waals surface area contributed by atoms with Crippen molar-refractivity contribution in [3.63, 3.8) is 0 Å². The number of hydrogen-bond donors (Lipinski definition) is 1. The molecule has 0 saturated carbocycles. The summed E-state index contributed by atoms with van der Waals surface area (Å²) in [5, 5.41) is 0.647. The molecule has 0 bridgehead atoms. The fraction of sp³-hybridized carbons (Fsp3) is 0.0714. The average Bonchev–Trinajstić information content (AvgIpc) is 2.39. The van der Waals surface area contributed by atoms with Crippen molar-refractivity contribution in [1.29, 1.82) is 0 Å². The molecule has 0 heterocycles. The van der Waals surface area contributed by atoms with Crippen LogP contribution in [0.15, 0.2) is 45.3 Å². The molecule has 0 atom stereocenters. The van der Waals surface area contributed by atoms with Crippen LogP contribution < -0.4 is 10.5 Å². The van der Waals surface area contributed by atoms with Crippen LogP contribution in [0, 0.1) is 0 Å². The lowest BCUT2D eigenvalue weighted by atomic mass is 10.2. The van der Waals surface area contributed by atoms with E-state index in [9.17, 15) is 4.79 Å². The van der Waals surface area contributed by atoms with Crippen molar-refractivity contribution in [2.75, 3.05) is 0 Å². The minimum atomic E-state index is -0.496. The number of rotatable bonds is 4. The minimum Gasteiger partial charge on any atom is -0.486 e. The van der Waals surface area contributed by atoms with Crippen LogP contribution in [-0.4, -0.2) is 5.91 Å². The quantitative estimate of drug-likeness (QED) is 0.791. The first kappa shape index (κ1) is 15.4. The Morgan fingerprint density at radius 1 is 1.20 bits per heavy atom. The summed E-state index contributed by atoms with van der Waals surface area (Å²) >= 11 is 12.8. The van der Waals surface area contributed by atoms with Crippen LogP contribution in [-0.2, 0) is 6.61 Å². The van der Waals surface area contributed by atoms with Crippen LogP contribution in [0.2, 0.25) is 5.02 Å². The van der Waals surface area contributed by atoms with E-state index in [2.05, 4.69) is 31.9 Å². The highest BCUT2D eigenvalue weighted by Gasteiger charge is 2.12. The highest BCUT2D eigenvalue weighted by molar-refractivity contribution is 9.11. The van der Waals surface area contributed by atoms with Crippen LogP contribution >= 0.6 is 43.5 Å². The van der Waals surface area contributed by atoms with Crippen molar-refractivity contribution >= 4 is 49.4 Å². The van der Waals surface area contributed by atoms with E-state index in [0.717, 1.165) is 5.56 Å². The molecule has 2 N–H and O–H groups in total. The summed E-state index contributed by atoms with van der Waals surface area (Å²) < 4.78 is 7.03. The molecule has 0 saturated heterocycles. The van der Waals surface area contributed by atoms with E-state index in [1.54, 1.807) is 18.2 Å². The van der Waals surface area contributed by atoms with Crippen molar-refractivity contribution < 1.29 is 9.53 Å². The molecule has 104 valence electrons. The van der Waals surface area contributed by atoms with Crippen molar-refractivity contribution in [1.82, 2.24) is 0 Å². The molecule has 2 aromatic carbocycles. The summed E-state index contributed by atoms with van der Waals surface area (Å²) in [6.07, 6.45) is 0. The number of ether oxygens (including phenoxy) is 1. The van der Waals surface area contributed by atoms with E-state index in [1.165, 1.54) is 0 Å². The smallest absolute Gasteiger partial charge is 0.248 e. The number of amides is 1. The number of benzene rings is 2. The molecule has 0 spiro atoms. The number of nitrogens with two attached hydrogens (primary N) is 1. The van der Waals surface area contributed by atoms with E-state index in [1.807, 2.05) is 18.2 Å². The predicted molar refractivity (Wildman–Crippen MR) is 86.1 cm³/mol. The standard InChI is InChI=1S/C14H10Br2ClNO2/c15-10-5-9(14(18)19)6-11(16)13(10)20-7-8-3-1-2-4-12(8)17/h1-6H,7H2,(H2,18,19). The maximum atomic E-state index is 11.2. The lowest BCUT2D eigenvalue weighted by molar-refractivity contribution is 0.1000. The van der Waals surface area contributed by atoms with Gasteiger partial charge in [-0.3, -0.25) is 4.79 Å². The number of carbonyl (C=O) groups excluding carboxylic acids is 1. The lowest BCUT2D eigenvalue weighted by Gasteiger charge is -2.12. The van der Waals surface area contributed by atoms with Gasteiger partial charge in [0.1, 0.15) is 12.4 Å². The van der Waals surface area contributed by atoms with Crippen molar-refractivity contribution in [3.8, 4) is 5.75 Å². The molecule has 0 fully saturated rings. The van der Waals surface area contributed by atoms with Gasteiger partial charge in [-0.15, -0.1) is 0 Å². The Kier molecular flexibility index (Phi) is 5.07. The van der Waals surface area contributed by atoms with Crippen LogP contribution in [0.25, 0.3) is 0 Å². The summed E-state index contributed by atoms with van der Waals surface area (Å²) in [6, 6.07) is 10.7. The number of halogens is 3. The zero-order chi connectivity index (χ0) is 14.7. The first-order chi connectivity index (χ1) is 9.49. The second-order valence-electron chi connectivity index (χ2n) is 4.01. The second-order valence-corrected chi connectivity index (χ2v) is 6.13. The highest BCUT2D eigenvalue weighted by Crippen LogP contribution is 2.35. The fourth-order valence-electron chi connectivity index (χ4n) is 1.61. The maximum Gasteiger partial charge on any atom is 0.248 e. The first-order valence-corrected chi connectivity index (χ1v) is 7.60. The van der Waals surface area contributed by atoms with Gasteiger partial charge in [0.15, 0.2) is 0 Å². The molecule has 0 unspecified atom stereocenters. The molecule has 6 heteroatoms. The molecule has 0 aliphatic rings. The van der Waals surface area contributed by atoms with Crippen molar-refractivity contribution in [2.24, 2.45) is 5.73 Å². The summed E-state index contributed by atoms with van der Waals surface area (Å²) in [4.78, 5) is 11.2. The number of primary amides is 1. The first-order valence-electron chi connectivity index (χ1n) is 5.64. The van der Waals surface area contributed by atoms with Gasteiger partial charge in [-0.25, -0.2) is 0 Å².